The highest BCUT2D eigenvalue weighted by molar-refractivity contribution is 5.53. The first kappa shape index (κ1) is 11.5. The first-order valence-corrected chi connectivity index (χ1v) is 4.14. The van der Waals surface area contributed by atoms with Crippen LogP contribution < -0.4 is 0 Å². The highest BCUT2D eigenvalue weighted by Crippen LogP contribution is 2.08. The van der Waals surface area contributed by atoms with Gasteiger partial charge in [0.15, 0.2) is 0 Å². The zero-order valence-corrected chi connectivity index (χ0v) is 8.06. The van der Waals surface area contributed by atoms with E-state index in [1.54, 1.807) is 37.2 Å². The Morgan fingerprint density at radius 3 is 1.50 bits per heavy atom. The van der Waals surface area contributed by atoms with Gasteiger partial charge in [-0.15, -0.1) is 0 Å². The third-order valence-electron chi connectivity index (χ3n) is 1.39. The van der Waals surface area contributed by atoms with Crippen molar-refractivity contribution in [3.63, 3.8) is 0 Å². The minimum absolute atomic E-state index is 0.741. The van der Waals surface area contributed by atoms with Crippen LogP contribution in [0.4, 0.5) is 4.79 Å². The van der Waals surface area contributed by atoms with Crippen LogP contribution in [0.3, 0.4) is 0 Å². The first-order chi connectivity index (χ1) is 7.70. The number of rotatable bonds is 1. The van der Waals surface area contributed by atoms with Crippen LogP contribution in [0.15, 0.2) is 37.2 Å². The molecular formula is C9H8N4O3. The van der Waals surface area contributed by atoms with Gasteiger partial charge in [-0.1, -0.05) is 0 Å². The molecule has 2 aromatic heterocycles. The van der Waals surface area contributed by atoms with Gasteiger partial charge in [-0.05, 0) is 0 Å². The zero-order chi connectivity index (χ0) is 11.8. The van der Waals surface area contributed by atoms with Crippen LogP contribution in [-0.2, 0) is 0 Å². The summed E-state index contributed by atoms with van der Waals surface area (Å²) in [7, 11) is 0. The second kappa shape index (κ2) is 6.02. The van der Waals surface area contributed by atoms with Gasteiger partial charge >= 0.3 is 6.16 Å². The molecule has 0 fully saturated rings. The maximum atomic E-state index is 8.56. The number of hydrogen-bond acceptors (Lipinski definition) is 5. The molecule has 2 aromatic rings. The van der Waals surface area contributed by atoms with E-state index >= 15 is 0 Å². The molecule has 0 unspecified atom stereocenters. The molecule has 2 N–H and O–H groups in total. The molecule has 0 saturated carbocycles. The topological polar surface area (TPSA) is 109 Å². The second-order valence-corrected chi connectivity index (χ2v) is 2.46. The van der Waals surface area contributed by atoms with E-state index in [4.69, 9.17) is 15.0 Å². The fourth-order valence-electron chi connectivity index (χ4n) is 0.863. The van der Waals surface area contributed by atoms with E-state index in [1.165, 1.54) is 0 Å². The van der Waals surface area contributed by atoms with Gasteiger partial charge in [-0.25, -0.2) is 4.79 Å². The molecule has 0 aromatic carbocycles. The zero-order valence-electron chi connectivity index (χ0n) is 8.06. The van der Waals surface area contributed by atoms with Gasteiger partial charge in [0.25, 0.3) is 0 Å². The Kier molecular flexibility index (Phi) is 4.33. The number of carbonyl (C=O) groups is 1. The Morgan fingerprint density at radius 1 is 0.875 bits per heavy atom. The lowest BCUT2D eigenvalue weighted by molar-refractivity contribution is 0.137. The molecule has 2 rings (SSSR count). The molecule has 0 atom stereocenters. The third-order valence-corrected chi connectivity index (χ3v) is 1.39. The second-order valence-electron chi connectivity index (χ2n) is 2.46. The van der Waals surface area contributed by atoms with Crippen molar-refractivity contribution >= 4 is 6.16 Å². The quantitative estimate of drug-likeness (QED) is 0.741. The summed E-state index contributed by atoms with van der Waals surface area (Å²) in [6.45, 7) is 0. The van der Waals surface area contributed by atoms with Crippen molar-refractivity contribution in [1.29, 1.82) is 0 Å². The van der Waals surface area contributed by atoms with Crippen LogP contribution in [0, 0.1) is 0 Å². The smallest absolute Gasteiger partial charge is 0.450 e. The van der Waals surface area contributed by atoms with Crippen molar-refractivity contribution in [2.24, 2.45) is 0 Å². The Labute approximate surface area is 90.5 Å². The Bertz CT molecular complexity index is 394. The van der Waals surface area contributed by atoms with E-state index < -0.39 is 6.16 Å². The monoisotopic (exact) mass is 220 g/mol. The van der Waals surface area contributed by atoms with Crippen molar-refractivity contribution in [3.05, 3.63) is 37.2 Å². The fraction of sp³-hybridized carbons (Fsp3) is 0. The largest absolute Gasteiger partial charge is 0.503 e. The van der Waals surface area contributed by atoms with Crippen LogP contribution in [0.25, 0.3) is 11.4 Å². The standard InChI is InChI=1S/C8H6N4.CH2O3/c1-3-11-7(5-9-1)8-6-10-2-4-12-8;2-1(3)4/h1-6H;(H2,2,3,4). The lowest BCUT2D eigenvalue weighted by atomic mass is 10.3. The molecule has 0 aliphatic carbocycles. The predicted octanol–water partition coefficient (Wildman–Crippen LogP) is 1.16. The highest BCUT2D eigenvalue weighted by Gasteiger charge is 1.97. The van der Waals surface area contributed by atoms with Crippen molar-refractivity contribution in [3.8, 4) is 11.4 Å². The van der Waals surface area contributed by atoms with E-state index in [2.05, 4.69) is 19.9 Å². The molecule has 0 aliphatic heterocycles. The Morgan fingerprint density at radius 2 is 1.25 bits per heavy atom. The van der Waals surface area contributed by atoms with Gasteiger partial charge < -0.3 is 10.2 Å². The summed E-state index contributed by atoms with van der Waals surface area (Å²) >= 11 is 0. The van der Waals surface area contributed by atoms with Crippen molar-refractivity contribution < 1.29 is 15.0 Å². The van der Waals surface area contributed by atoms with E-state index in [9.17, 15) is 0 Å². The minimum Gasteiger partial charge on any atom is -0.450 e. The Balaban J connectivity index is 0.000000280. The van der Waals surface area contributed by atoms with Crippen molar-refractivity contribution in [2.45, 2.75) is 0 Å². The molecule has 0 bridgehead atoms. The van der Waals surface area contributed by atoms with Gasteiger partial charge in [-0.3, -0.25) is 19.9 Å². The van der Waals surface area contributed by atoms with Crippen LogP contribution in [0.1, 0.15) is 0 Å². The van der Waals surface area contributed by atoms with Gasteiger partial charge in [0.2, 0.25) is 0 Å². The van der Waals surface area contributed by atoms with Gasteiger partial charge in [0.1, 0.15) is 11.4 Å². The maximum absolute atomic E-state index is 8.56. The van der Waals surface area contributed by atoms with Crippen molar-refractivity contribution in [1.82, 2.24) is 19.9 Å². The molecule has 2 heterocycles. The molecule has 0 aliphatic rings. The van der Waals surface area contributed by atoms with E-state index in [-0.39, 0.29) is 0 Å². The summed E-state index contributed by atoms with van der Waals surface area (Å²) in [5.74, 6) is 0. The molecule has 0 saturated heterocycles. The number of carboxylic acid groups (broad SMARTS) is 2. The van der Waals surface area contributed by atoms with Gasteiger partial charge in [0, 0.05) is 24.8 Å². The molecular weight excluding hydrogens is 212 g/mol. The fourth-order valence-corrected chi connectivity index (χ4v) is 0.863. The van der Waals surface area contributed by atoms with E-state index in [1.807, 2.05) is 0 Å². The highest BCUT2D eigenvalue weighted by atomic mass is 16.6. The van der Waals surface area contributed by atoms with Crippen LogP contribution in [0.5, 0.6) is 0 Å². The van der Waals surface area contributed by atoms with Crippen LogP contribution in [0.2, 0.25) is 0 Å². The number of nitrogens with zero attached hydrogens (tertiary/aromatic N) is 4. The minimum atomic E-state index is -1.83. The van der Waals surface area contributed by atoms with Gasteiger partial charge in [-0.2, -0.15) is 0 Å². The molecule has 0 spiro atoms. The molecule has 82 valence electrons. The summed E-state index contributed by atoms with van der Waals surface area (Å²) in [5, 5.41) is 13.9. The molecule has 0 radical (unpaired) electrons. The summed E-state index contributed by atoms with van der Waals surface area (Å²) in [4.78, 5) is 24.6. The summed E-state index contributed by atoms with van der Waals surface area (Å²) in [6, 6.07) is 0. The number of hydrogen-bond donors (Lipinski definition) is 2. The van der Waals surface area contributed by atoms with Crippen LogP contribution >= 0.6 is 0 Å². The molecule has 0 amide bonds. The summed E-state index contributed by atoms with van der Waals surface area (Å²) in [6.07, 6.45) is 7.99. The average Bonchev–Trinajstić information content (AvgIpc) is 2.31. The molecule has 16 heavy (non-hydrogen) atoms. The maximum Gasteiger partial charge on any atom is 0.503 e. The lowest BCUT2D eigenvalue weighted by Crippen LogP contribution is -1.87. The normalized spacial score (nSPS) is 8.75. The summed E-state index contributed by atoms with van der Waals surface area (Å²) in [5.41, 5.74) is 1.48. The molecule has 7 heteroatoms. The molecule has 7 nitrogen and oxygen atoms in total. The first-order valence-electron chi connectivity index (χ1n) is 4.14. The average molecular weight is 220 g/mol. The Hall–Kier alpha value is -2.57. The lowest BCUT2D eigenvalue weighted by Gasteiger charge is -1.95. The summed E-state index contributed by atoms with van der Waals surface area (Å²) < 4.78 is 0. The predicted molar refractivity (Wildman–Crippen MR) is 53.7 cm³/mol. The van der Waals surface area contributed by atoms with Gasteiger partial charge in [0.05, 0.1) is 12.4 Å². The number of aromatic nitrogens is 4. The van der Waals surface area contributed by atoms with E-state index in [0.29, 0.717) is 0 Å². The SMILES string of the molecule is O=C(O)O.c1cnc(-c2cnccn2)cn1. The third kappa shape index (κ3) is 4.09. The van der Waals surface area contributed by atoms with E-state index in [0.717, 1.165) is 11.4 Å². The van der Waals surface area contributed by atoms with Crippen molar-refractivity contribution in [2.75, 3.05) is 0 Å². The van der Waals surface area contributed by atoms with Crippen LogP contribution in [-0.4, -0.2) is 36.3 Å².